The number of nitrogen functional groups attached to an aromatic ring is 2. The summed E-state index contributed by atoms with van der Waals surface area (Å²) in [5.41, 5.74) is 8.58. The first kappa shape index (κ1) is 49.2. The quantitative estimate of drug-likeness (QED) is 0.0591. The molecule has 0 aliphatic rings. The van der Waals surface area contributed by atoms with Crippen LogP contribution in [0.1, 0.15) is 0 Å². The molecule has 0 aromatic heterocycles. The van der Waals surface area contributed by atoms with Crippen molar-refractivity contribution in [2.45, 2.75) is 19.6 Å². The number of ether oxygens (including phenoxy) is 2. The summed E-state index contributed by atoms with van der Waals surface area (Å²) in [5, 5.41) is 36.4. The Morgan fingerprint density at radius 2 is 1.00 bits per heavy atom. The normalized spacial score (nSPS) is 12.4. The summed E-state index contributed by atoms with van der Waals surface area (Å²) in [6.45, 7) is 0. The number of benzene rings is 6. The maximum absolute atomic E-state index is 12.5. The predicted molar refractivity (Wildman–Crippen MR) is 205 cm³/mol. The Kier molecular flexibility index (Phi) is 14.1. The van der Waals surface area contributed by atoms with E-state index in [0.29, 0.717) is 47.7 Å². The van der Waals surface area contributed by atoms with Gasteiger partial charge in [-0.15, -0.1) is 20.5 Å². The Labute approximate surface area is 372 Å². The molecule has 0 saturated carbocycles. The molecular formula is C34H24Cu2N6O16S4. The molecule has 0 amide bonds. The fourth-order valence-electron chi connectivity index (χ4n) is 6.01. The van der Waals surface area contributed by atoms with Crippen LogP contribution in [0.2, 0.25) is 0 Å². The van der Waals surface area contributed by atoms with Crippen LogP contribution in [0.5, 0.6) is 23.0 Å². The van der Waals surface area contributed by atoms with Gasteiger partial charge in [-0.3, -0.25) is 0 Å². The molecule has 0 atom stereocenters. The third-order valence-corrected chi connectivity index (χ3v) is 12.0. The van der Waals surface area contributed by atoms with Gasteiger partial charge in [0.05, 0.1) is 33.8 Å². The van der Waals surface area contributed by atoms with Gasteiger partial charge in [-0.1, -0.05) is 12.1 Å². The minimum atomic E-state index is -5.56. The van der Waals surface area contributed by atoms with Gasteiger partial charge in [0.2, 0.25) is 0 Å². The molecule has 332 valence electrons. The van der Waals surface area contributed by atoms with Gasteiger partial charge in [0.25, 0.3) is 0 Å². The summed E-state index contributed by atoms with van der Waals surface area (Å²) in [6, 6.07) is 12.8. The van der Waals surface area contributed by atoms with Gasteiger partial charge < -0.3 is 49.4 Å². The SMILES string of the molecule is COc1cccc(-c2ccc(N=Nc3c(S(=O)(=O)[O-])cc4cc(S(=O)(=O)[O-])cc(N)c4c3O)c(OC)c2N=Nc2c(S(=O)(=O)[O-])cc3cc(S(=O)(=O)[O-])cc(N)c3c2O)c1.[Cu+2].[Cu+2]. The van der Waals surface area contributed by atoms with Crippen molar-refractivity contribution in [3.8, 4) is 34.1 Å². The monoisotopic (exact) mass is 1030 g/mol. The van der Waals surface area contributed by atoms with Gasteiger partial charge in [0.1, 0.15) is 69.0 Å². The Bertz CT molecular complexity index is 3350. The van der Waals surface area contributed by atoms with Crippen molar-refractivity contribution >= 4 is 96.1 Å². The molecule has 6 aromatic rings. The van der Waals surface area contributed by atoms with Crippen molar-refractivity contribution in [2.24, 2.45) is 20.5 Å². The number of aromatic hydroxyl groups is 2. The molecule has 6 aromatic carbocycles. The zero-order valence-corrected chi connectivity index (χ0v) is 35.9. The number of phenolic OH excluding ortho intramolecular Hbond substituents is 2. The zero-order valence-electron chi connectivity index (χ0n) is 30.7. The second kappa shape index (κ2) is 17.7. The molecule has 0 unspecified atom stereocenters. The summed E-state index contributed by atoms with van der Waals surface area (Å²) in [5.74, 6) is -2.19. The summed E-state index contributed by atoms with van der Waals surface area (Å²) >= 11 is 0. The van der Waals surface area contributed by atoms with Crippen LogP contribution in [0.15, 0.2) is 113 Å². The van der Waals surface area contributed by atoms with E-state index in [0.717, 1.165) is 7.11 Å². The molecular weight excluding hydrogens is 1000 g/mol. The summed E-state index contributed by atoms with van der Waals surface area (Å²) in [4.78, 5) is -4.26. The van der Waals surface area contributed by atoms with E-state index in [1.807, 2.05) is 0 Å². The second-order valence-electron chi connectivity index (χ2n) is 12.3. The number of fused-ring (bicyclic) bond motifs is 2. The summed E-state index contributed by atoms with van der Waals surface area (Å²) in [6.07, 6.45) is 0. The Morgan fingerprint density at radius 3 is 1.42 bits per heavy atom. The van der Waals surface area contributed by atoms with E-state index in [4.69, 9.17) is 20.9 Å². The number of anilines is 2. The van der Waals surface area contributed by atoms with E-state index in [1.165, 1.54) is 25.3 Å². The standard InChI is InChI=1S/C34H28N6O16S4.2Cu/c1-55-18-5-3-4-15(8-18)21-6-7-24(37-39-30-25(59(49,50)51)11-16-9-19(57(43,44)45)13-22(35)27(16)32(30)41)34(56-2)29(21)38-40-31-26(60(52,53)54)12-17-10-20(58(46,47)48)14-23(36)28(17)33(31)42;;/h3-14,41-42H,35-36H2,1-2H3,(H,43,44,45)(H,46,47,48)(H,49,50,51)(H,52,53,54);;/q;2*+2/p-4. The topological polar surface area (TPSA) is 389 Å². The van der Waals surface area contributed by atoms with Crippen molar-refractivity contribution in [3.63, 3.8) is 0 Å². The van der Waals surface area contributed by atoms with Crippen LogP contribution >= 0.6 is 0 Å². The van der Waals surface area contributed by atoms with Crippen LogP contribution in [0.4, 0.5) is 34.1 Å². The predicted octanol–water partition coefficient (Wildman–Crippen LogP) is 4.70. The molecule has 0 fully saturated rings. The van der Waals surface area contributed by atoms with Crippen LogP contribution in [-0.2, 0) is 74.6 Å². The van der Waals surface area contributed by atoms with Gasteiger partial charge >= 0.3 is 34.1 Å². The van der Waals surface area contributed by atoms with Crippen molar-refractivity contribution in [1.29, 1.82) is 0 Å². The average molecular weight is 1030 g/mol. The second-order valence-corrected chi connectivity index (χ2v) is 17.8. The molecule has 6 N–H and O–H groups in total. The summed E-state index contributed by atoms with van der Waals surface area (Å²) < 4.78 is 156. The molecule has 0 aliphatic carbocycles. The van der Waals surface area contributed by atoms with E-state index in [2.05, 4.69) is 20.5 Å². The molecule has 62 heavy (non-hydrogen) atoms. The largest absolute Gasteiger partial charge is 2.00 e. The molecule has 0 spiro atoms. The first-order chi connectivity index (χ1) is 27.8. The average Bonchev–Trinajstić information content (AvgIpc) is 3.14. The van der Waals surface area contributed by atoms with Gasteiger partial charge in [0.15, 0.2) is 17.2 Å². The van der Waals surface area contributed by atoms with E-state index in [1.54, 1.807) is 18.2 Å². The van der Waals surface area contributed by atoms with Gasteiger partial charge in [0, 0.05) is 27.7 Å². The Balaban J connectivity index is 0.00000422. The van der Waals surface area contributed by atoms with Crippen LogP contribution in [0.25, 0.3) is 32.7 Å². The Morgan fingerprint density at radius 1 is 0.548 bits per heavy atom. The van der Waals surface area contributed by atoms with Crippen molar-refractivity contribution in [2.75, 3.05) is 25.7 Å². The van der Waals surface area contributed by atoms with Crippen LogP contribution in [-0.4, -0.2) is 76.3 Å². The summed E-state index contributed by atoms with van der Waals surface area (Å²) in [7, 11) is -18.9. The molecule has 22 nitrogen and oxygen atoms in total. The molecule has 0 heterocycles. The number of nitrogens with two attached hydrogens (primary N) is 2. The number of azo groups is 2. The third kappa shape index (κ3) is 9.60. The molecule has 0 saturated heterocycles. The van der Waals surface area contributed by atoms with Gasteiger partial charge in [-0.25, -0.2) is 33.7 Å². The fraction of sp³-hybridized carbons (Fsp3) is 0.0588. The number of nitrogens with zero attached hydrogens (tertiary/aromatic N) is 4. The van der Waals surface area contributed by atoms with Crippen molar-refractivity contribution in [1.82, 2.24) is 0 Å². The fourth-order valence-corrected chi connectivity index (χ4v) is 8.39. The molecule has 28 heteroatoms. The minimum absolute atomic E-state index is 0. The number of phenols is 2. The van der Waals surface area contributed by atoms with Crippen LogP contribution in [0.3, 0.4) is 0 Å². The zero-order chi connectivity index (χ0) is 44.3. The van der Waals surface area contributed by atoms with Gasteiger partial charge in [-0.2, -0.15) is 0 Å². The van der Waals surface area contributed by atoms with Crippen LogP contribution < -0.4 is 20.9 Å². The Hall–Kier alpha value is -5.48. The number of hydrogen-bond acceptors (Lipinski definition) is 22. The van der Waals surface area contributed by atoms with Crippen molar-refractivity contribution in [3.05, 3.63) is 72.8 Å². The third-order valence-electron chi connectivity index (χ3n) is 8.63. The molecule has 2 radical (unpaired) electrons. The van der Waals surface area contributed by atoms with Crippen LogP contribution in [0, 0.1) is 0 Å². The van der Waals surface area contributed by atoms with E-state index in [9.17, 15) is 62.1 Å². The first-order valence-corrected chi connectivity index (χ1v) is 21.7. The maximum atomic E-state index is 12.5. The van der Waals surface area contributed by atoms with Crippen molar-refractivity contribution < 1.29 is 106 Å². The number of methoxy groups -OCH3 is 2. The molecule has 6 rings (SSSR count). The van der Waals surface area contributed by atoms with Gasteiger partial charge in [-0.05, 0) is 77.0 Å². The molecule has 0 aliphatic heterocycles. The number of hydrogen-bond donors (Lipinski definition) is 4. The van der Waals surface area contributed by atoms with E-state index in [-0.39, 0.29) is 56.8 Å². The van der Waals surface area contributed by atoms with E-state index >= 15 is 0 Å². The molecule has 0 bridgehead atoms. The number of rotatable bonds is 11. The van der Waals surface area contributed by atoms with E-state index < -0.39 is 116 Å². The minimum Gasteiger partial charge on any atom is -0.744 e. The first-order valence-electron chi connectivity index (χ1n) is 16.1. The smallest absolute Gasteiger partial charge is 0.744 e. The maximum Gasteiger partial charge on any atom is 2.00 e.